The second kappa shape index (κ2) is 54.6. The van der Waals surface area contributed by atoms with Gasteiger partial charge in [0.1, 0.15) is 98.7 Å². The van der Waals surface area contributed by atoms with Crippen LogP contribution in [0, 0.1) is 0 Å². The van der Waals surface area contributed by atoms with E-state index < -0.39 is 156 Å². The van der Waals surface area contributed by atoms with Crippen LogP contribution in [0.3, 0.4) is 0 Å². The zero-order chi connectivity index (χ0) is 71.1. The Kier molecular flexibility index (Phi) is 50.2. The molecule has 3 rings (SSSR count). The van der Waals surface area contributed by atoms with Crippen molar-refractivity contribution in [1.82, 2.24) is 0 Å². The number of aliphatic hydroxyl groups excluding tert-OH is 10. The first-order valence-electron chi connectivity index (χ1n) is 38.3. The van der Waals surface area contributed by atoms with Crippen molar-refractivity contribution in [2.75, 3.05) is 26.4 Å². The van der Waals surface area contributed by atoms with Crippen LogP contribution in [0.5, 0.6) is 0 Å². The normalized spacial score (nSPS) is 27.7. The molecule has 2 saturated heterocycles. The highest BCUT2D eigenvalue weighted by Crippen LogP contribution is 2.49. The first-order chi connectivity index (χ1) is 46.8. The lowest BCUT2D eigenvalue weighted by Gasteiger charge is -2.49. The minimum absolute atomic E-state index is 0.0333. The number of carbonyl (C=O) groups is 3. The van der Waals surface area contributed by atoms with Crippen LogP contribution >= 0.6 is 7.82 Å². The topological polar surface area (TPSA) is 374 Å². The maximum Gasteiger partial charge on any atom is 0.472 e. The Labute approximate surface area is 580 Å². The smallest absolute Gasteiger partial charge is 0.463 e. The van der Waals surface area contributed by atoms with Gasteiger partial charge in [0.25, 0.3) is 0 Å². The molecule has 2 aliphatic heterocycles. The van der Waals surface area contributed by atoms with Crippen LogP contribution in [-0.2, 0) is 61.2 Å². The van der Waals surface area contributed by atoms with E-state index in [1.165, 1.54) is 161 Å². The summed E-state index contributed by atoms with van der Waals surface area (Å²) >= 11 is 0. The van der Waals surface area contributed by atoms with Gasteiger partial charge in [-0.05, 0) is 19.3 Å². The molecule has 0 aromatic carbocycles. The molecule has 0 aromatic heterocycles. The van der Waals surface area contributed by atoms with Gasteiger partial charge in [-0.25, -0.2) is 4.57 Å². The molecular weight excluding hydrogens is 1280 g/mol. The lowest BCUT2D eigenvalue weighted by atomic mass is 9.84. The fraction of sp³-hybridized carbons (Fsp3) is 0.958. The molecule has 11 N–H and O–H groups in total. The summed E-state index contributed by atoms with van der Waals surface area (Å²) in [5.41, 5.74) is 0. The van der Waals surface area contributed by atoms with Crippen LogP contribution in [0.2, 0.25) is 0 Å². The number of hydrogen-bond donors (Lipinski definition) is 11. The van der Waals surface area contributed by atoms with Gasteiger partial charge in [-0.15, -0.1) is 0 Å². The second-order valence-corrected chi connectivity index (χ2v) is 29.1. The van der Waals surface area contributed by atoms with Crippen molar-refractivity contribution in [3.05, 3.63) is 0 Å². The SMILES string of the molecule is CCCCCCCCCCCCCCCCCC(=O)OCC(COP(=O)(O)OC1C(OC2OC(CO)C(O)C(O)C2O)C(O)C(O)C(O)C1OC1OC(COC(=O)CCCCCCCCCCCCCCCC)C(O)C(O)C1O)OC(=O)CCCCCCCCCCCCCCC. The van der Waals surface area contributed by atoms with E-state index in [9.17, 15) is 74.9 Å². The monoisotopic (exact) mass is 1410 g/mol. The quantitative estimate of drug-likeness (QED) is 0.0117. The predicted molar refractivity (Wildman–Crippen MR) is 365 cm³/mol. The minimum atomic E-state index is -5.69. The molecule has 18 atom stereocenters. The first-order valence-corrected chi connectivity index (χ1v) is 39.8. The third kappa shape index (κ3) is 37.8. The number of aliphatic hydroxyl groups is 10. The van der Waals surface area contributed by atoms with Gasteiger partial charge < -0.3 is 89.1 Å². The van der Waals surface area contributed by atoms with Crippen LogP contribution in [0.15, 0.2) is 0 Å². The standard InChI is InChI=1S/C72H135O24P/c1-4-7-10-13-16-19-22-25-27-30-32-34-37-40-43-46-56(74)88-50-53(91-58(76)48-45-42-39-36-33-28-24-21-18-15-12-9-6-3)51-90-97(86,87)96-70-68(94-71-66(84)61(79)59(77)54(49-73)92-71)64(82)63(81)65(83)69(70)95-72-67(85)62(80)60(78)55(93-72)52-89-57(75)47-44-41-38-35-31-29-26-23-20-17-14-11-8-5-2/h53-55,59-73,77-85H,4-52H2,1-3H3,(H,86,87). The van der Waals surface area contributed by atoms with Gasteiger partial charge in [-0.3, -0.25) is 23.4 Å². The molecule has 0 bridgehead atoms. The van der Waals surface area contributed by atoms with Gasteiger partial charge in [0, 0.05) is 19.3 Å². The Morgan fingerprint density at radius 1 is 0.361 bits per heavy atom. The largest absolute Gasteiger partial charge is 0.472 e. The number of carbonyl (C=O) groups excluding carboxylic acids is 3. The number of esters is 3. The molecule has 24 nitrogen and oxygen atoms in total. The molecule has 3 fully saturated rings. The van der Waals surface area contributed by atoms with Crippen LogP contribution in [0.4, 0.5) is 0 Å². The molecule has 0 radical (unpaired) electrons. The number of phosphoric acid groups is 1. The fourth-order valence-corrected chi connectivity index (χ4v) is 13.8. The maximum absolute atomic E-state index is 14.3. The molecule has 1 aliphatic carbocycles. The van der Waals surface area contributed by atoms with Gasteiger partial charge in [-0.1, -0.05) is 271 Å². The Morgan fingerprint density at radius 2 is 0.660 bits per heavy atom. The Morgan fingerprint density at radius 3 is 1.01 bits per heavy atom. The summed E-state index contributed by atoms with van der Waals surface area (Å²) in [6.45, 7) is 3.47. The Bertz CT molecular complexity index is 2010. The van der Waals surface area contributed by atoms with E-state index in [-0.39, 0.29) is 19.3 Å². The summed E-state index contributed by atoms with van der Waals surface area (Å²) in [7, 11) is -5.69. The molecule has 25 heteroatoms. The molecule has 3 aliphatic rings. The average Bonchev–Trinajstić information content (AvgIpc) is 0.763. The van der Waals surface area contributed by atoms with Gasteiger partial charge in [0.05, 0.1) is 13.2 Å². The average molecular weight is 1420 g/mol. The van der Waals surface area contributed by atoms with Gasteiger partial charge in [0.15, 0.2) is 18.7 Å². The summed E-state index contributed by atoms with van der Waals surface area (Å²) in [5, 5.41) is 110. The number of ether oxygens (including phenoxy) is 7. The van der Waals surface area contributed by atoms with E-state index in [1.807, 2.05) is 0 Å². The number of phosphoric ester groups is 1. The van der Waals surface area contributed by atoms with E-state index in [0.717, 1.165) is 89.9 Å². The number of hydrogen-bond acceptors (Lipinski definition) is 23. The predicted octanol–water partition coefficient (Wildman–Crippen LogP) is 10.6. The highest BCUT2D eigenvalue weighted by molar-refractivity contribution is 7.47. The third-order valence-electron chi connectivity index (χ3n) is 19.1. The van der Waals surface area contributed by atoms with Crippen molar-refractivity contribution >= 4 is 25.7 Å². The lowest BCUT2D eigenvalue weighted by Crippen LogP contribution is -2.69. The summed E-state index contributed by atoms with van der Waals surface area (Å²) in [6.07, 6.45) is 11.6. The highest BCUT2D eigenvalue weighted by atomic mass is 31.2. The van der Waals surface area contributed by atoms with E-state index in [4.69, 9.17) is 42.2 Å². The van der Waals surface area contributed by atoms with Crippen LogP contribution < -0.4 is 0 Å². The zero-order valence-corrected chi connectivity index (χ0v) is 60.5. The zero-order valence-electron chi connectivity index (χ0n) is 59.6. The molecule has 0 amide bonds. The van der Waals surface area contributed by atoms with E-state index in [0.29, 0.717) is 19.3 Å². The van der Waals surface area contributed by atoms with E-state index >= 15 is 0 Å². The van der Waals surface area contributed by atoms with Crippen LogP contribution in [-0.4, -0.2) is 204 Å². The van der Waals surface area contributed by atoms with Gasteiger partial charge in [-0.2, -0.15) is 0 Å². The molecule has 97 heavy (non-hydrogen) atoms. The summed E-state index contributed by atoms with van der Waals surface area (Å²) in [6, 6.07) is 0. The van der Waals surface area contributed by atoms with E-state index in [2.05, 4.69) is 20.8 Å². The van der Waals surface area contributed by atoms with Crippen LogP contribution in [0.25, 0.3) is 0 Å². The molecule has 0 spiro atoms. The summed E-state index contributed by atoms with van der Waals surface area (Å²) < 4.78 is 65.0. The molecular formula is C72H135O24P. The highest BCUT2D eigenvalue weighted by Gasteiger charge is 2.58. The van der Waals surface area contributed by atoms with Crippen molar-refractivity contribution < 1.29 is 117 Å². The Balaban J connectivity index is 1.72. The fourth-order valence-electron chi connectivity index (χ4n) is 12.9. The molecule has 572 valence electrons. The molecule has 1 saturated carbocycles. The minimum Gasteiger partial charge on any atom is -0.463 e. The van der Waals surface area contributed by atoms with E-state index in [1.54, 1.807) is 0 Å². The number of rotatable bonds is 60. The second-order valence-electron chi connectivity index (χ2n) is 27.7. The van der Waals surface area contributed by atoms with Crippen molar-refractivity contribution in [3.8, 4) is 0 Å². The van der Waals surface area contributed by atoms with Gasteiger partial charge >= 0.3 is 25.7 Å². The van der Waals surface area contributed by atoms with Crippen molar-refractivity contribution in [2.45, 2.75) is 414 Å². The summed E-state index contributed by atoms with van der Waals surface area (Å²) in [4.78, 5) is 51.0. The first kappa shape index (κ1) is 89.2. The molecule has 18 unspecified atom stereocenters. The third-order valence-corrected chi connectivity index (χ3v) is 20.1. The lowest BCUT2D eigenvalue weighted by molar-refractivity contribution is -0.360. The summed E-state index contributed by atoms with van der Waals surface area (Å²) in [5.74, 6) is -1.97. The van der Waals surface area contributed by atoms with Crippen molar-refractivity contribution in [2.24, 2.45) is 0 Å². The number of unbranched alkanes of at least 4 members (excludes halogenated alkanes) is 39. The Hall–Kier alpha value is -2.04. The van der Waals surface area contributed by atoms with Crippen molar-refractivity contribution in [3.63, 3.8) is 0 Å². The maximum atomic E-state index is 14.3. The molecule has 0 aromatic rings. The van der Waals surface area contributed by atoms with Crippen LogP contribution in [0.1, 0.15) is 310 Å². The van der Waals surface area contributed by atoms with Crippen molar-refractivity contribution in [1.29, 1.82) is 0 Å². The van der Waals surface area contributed by atoms with Gasteiger partial charge in [0.2, 0.25) is 0 Å². The molecule has 2 heterocycles.